The normalized spacial score (nSPS) is 13.2. The molecule has 1 unspecified atom stereocenters. The molecule has 0 aliphatic rings. The minimum absolute atomic E-state index is 0.347. The molecule has 1 atom stereocenters. The third kappa shape index (κ3) is 9.84. The third-order valence-electron chi connectivity index (χ3n) is 2.30. The van der Waals surface area contributed by atoms with E-state index in [1.165, 1.54) is 32.1 Å². The lowest BCUT2D eigenvalue weighted by Crippen LogP contribution is -2.26. The largest absolute Gasteiger partial charge is 0.396 e. The van der Waals surface area contributed by atoms with Crippen molar-refractivity contribution in [1.82, 2.24) is 5.32 Å². The van der Waals surface area contributed by atoms with Gasteiger partial charge in [0.05, 0.1) is 0 Å². The van der Waals surface area contributed by atoms with Gasteiger partial charge in [0, 0.05) is 12.6 Å². The molecule has 2 nitrogen and oxygen atoms in total. The first kappa shape index (κ1) is 12.9. The Bertz CT molecular complexity index is 96.1. The van der Waals surface area contributed by atoms with E-state index in [2.05, 4.69) is 19.2 Å². The Morgan fingerprint density at radius 2 is 1.85 bits per heavy atom. The third-order valence-corrected chi connectivity index (χ3v) is 2.30. The average molecular weight is 187 g/mol. The molecular weight excluding hydrogens is 162 g/mol. The molecule has 0 bridgehead atoms. The summed E-state index contributed by atoms with van der Waals surface area (Å²) in [4.78, 5) is 0. The van der Waals surface area contributed by atoms with E-state index in [1.54, 1.807) is 0 Å². The van der Waals surface area contributed by atoms with Crippen LogP contribution in [0.3, 0.4) is 0 Å². The Hall–Kier alpha value is -0.0800. The van der Waals surface area contributed by atoms with Gasteiger partial charge in [-0.1, -0.05) is 26.2 Å². The van der Waals surface area contributed by atoms with Gasteiger partial charge in [-0.25, -0.2) is 0 Å². The van der Waals surface area contributed by atoms with Crippen LogP contribution < -0.4 is 5.32 Å². The van der Waals surface area contributed by atoms with Crippen LogP contribution in [0.25, 0.3) is 0 Å². The maximum absolute atomic E-state index is 8.57. The zero-order valence-corrected chi connectivity index (χ0v) is 9.18. The molecule has 0 saturated carbocycles. The van der Waals surface area contributed by atoms with Crippen molar-refractivity contribution < 1.29 is 5.11 Å². The molecule has 0 saturated heterocycles. The zero-order chi connectivity index (χ0) is 9.94. The predicted molar refractivity (Wildman–Crippen MR) is 57.9 cm³/mol. The fraction of sp³-hybridized carbons (Fsp3) is 1.00. The highest BCUT2D eigenvalue weighted by molar-refractivity contribution is 4.59. The fourth-order valence-corrected chi connectivity index (χ4v) is 1.47. The number of aliphatic hydroxyl groups excluding tert-OH is 1. The summed E-state index contributed by atoms with van der Waals surface area (Å²) in [6.45, 7) is 5.95. The summed E-state index contributed by atoms with van der Waals surface area (Å²) in [5, 5.41) is 12.1. The zero-order valence-electron chi connectivity index (χ0n) is 9.18. The molecular formula is C11H25NO. The Balaban J connectivity index is 2.97. The highest BCUT2D eigenvalue weighted by Crippen LogP contribution is 1.99. The van der Waals surface area contributed by atoms with Gasteiger partial charge in [0.2, 0.25) is 0 Å². The lowest BCUT2D eigenvalue weighted by atomic mass is 10.1. The van der Waals surface area contributed by atoms with Gasteiger partial charge in [-0.15, -0.1) is 0 Å². The van der Waals surface area contributed by atoms with Crippen LogP contribution in [0, 0.1) is 0 Å². The lowest BCUT2D eigenvalue weighted by Gasteiger charge is -2.11. The van der Waals surface area contributed by atoms with Gasteiger partial charge in [0.25, 0.3) is 0 Å². The number of unbranched alkanes of at least 4 members (excludes halogenated alkanes) is 3. The van der Waals surface area contributed by atoms with Crippen LogP contribution in [0.1, 0.15) is 52.4 Å². The van der Waals surface area contributed by atoms with Gasteiger partial charge in [0.15, 0.2) is 0 Å². The van der Waals surface area contributed by atoms with E-state index in [-0.39, 0.29) is 0 Å². The summed E-state index contributed by atoms with van der Waals surface area (Å²) in [7, 11) is 0. The Morgan fingerprint density at radius 3 is 2.46 bits per heavy atom. The van der Waals surface area contributed by atoms with E-state index >= 15 is 0 Å². The molecule has 80 valence electrons. The van der Waals surface area contributed by atoms with Crippen LogP contribution in [0.5, 0.6) is 0 Å². The first-order chi connectivity index (χ1) is 6.31. The number of hydrogen-bond acceptors (Lipinski definition) is 2. The maximum atomic E-state index is 8.57. The summed E-state index contributed by atoms with van der Waals surface area (Å²) in [6.07, 6.45) is 7.15. The molecule has 2 N–H and O–H groups in total. The number of rotatable bonds is 9. The molecule has 0 aromatic heterocycles. The van der Waals surface area contributed by atoms with Crippen molar-refractivity contribution in [1.29, 1.82) is 0 Å². The smallest absolute Gasteiger partial charge is 0.0431 e. The quantitative estimate of drug-likeness (QED) is 0.543. The van der Waals surface area contributed by atoms with Gasteiger partial charge in [-0.2, -0.15) is 0 Å². The fourth-order valence-electron chi connectivity index (χ4n) is 1.47. The second kappa shape index (κ2) is 10.0. The molecule has 0 heterocycles. The molecule has 0 fully saturated rings. The van der Waals surface area contributed by atoms with Gasteiger partial charge in [-0.3, -0.25) is 0 Å². The van der Waals surface area contributed by atoms with Gasteiger partial charge in [0.1, 0.15) is 0 Å². The summed E-state index contributed by atoms with van der Waals surface area (Å²) in [6, 6.07) is 0.669. The van der Waals surface area contributed by atoms with E-state index in [0.29, 0.717) is 12.6 Å². The van der Waals surface area contributed by atoms with Crippen LogP contribution in [-0.4, -0.2) is 24.3 Å². The molecule has 0 aromatic carbocycles. The van der Waals surface area contributed by atoms with Crippen LogP contribution in [0.2, 0.25) is 0 Å². The summed E-state index contributed by atoms with van der Waals surface area (Å²) >= 11 is 0. The molecule has 2 heteroatoms. The minimum atomic E-state index is 0.347. The van der Waals surface area contributed by atoms with Crippen molar-refractivity contribution in [3.8, 4) is 0 Å². The molecule has 0 radical (unpaired) electrons. The maximum Gasteiger partial charge on any atom is 0.0431 e. The highest BCUT2D eigenvalue weighted by Gasteiger charge is 1.97. The second-order valence-corrected chi connectivity index (χ2v) is 3.78. The Labute approximate surface area is 82.7 Å². The molecule has 0 spiro atoms. The summed E-state index contributed by atoms with van der Waals surface area (Å²) < 4.78 is 0. The summed E-state index contributed by atoms with van der Waals surface area (Å²) in [5.41, 5.74) is 0. The highest BCUT2D eigenvalue weighted by atomic mass is 16.2. The first-order valence-corrected chi connectivity index (χ1v) is 5.65. The summed E-state index contributed by atoms with van der Waals surface area (Å²) in [5.74, 6) is 0. The van der Waals surface area contributed by atoms with Crippen LogP contribution in [0.4, 0.5) is 0 Å². The predicted octanol–water partition coefficient (Wildman–Crippen LogP) is 2.32. The van der Waals surface area contributed by atoms with Crippen molar-refractivity contribution in [2.24, 2.45) is 0 Å². The van der Waals surface area contributed by atoms with E-state index in [9.17, 15) is 0 Å². The molecule has 0 rings (SSSR count). The standard InChI is InChI=1S/C11H25NO/c1-3-8-11(2)12-9-6-4-5-7-10-13/h11-13H,3-10H2,1-2H3. The molecule has 0 aliphatic carbocycles. The SMILES string of the molecule is CCCC(C)NCCCCCCO. The monoisotopic (exact) mass is 187 g/mol. The molecule has 13 heavy (non-hydrogen) atoms. The number of aliphatic hydroxyl groups is 1. The molecule has 0 aliphatic heterocycles. The van der Waals surface area contributed by atoms with E-state index < -0.39 is 0 Å². The topological polar surface area (TPSA) is 32.3 Å². The van der Waals surface area contributed by atoms with E-state index in [0.717, 1.165) is 13.0 Å². The van der Waals surface area contributed by atoms with E-state index in [1.807, 2.05) is 0 Å². The first-order valence-electron chi connectivity index (χ1n) is 5.65. The Morgan fingerprint density at radius 1 is 1.15 bits per heavy atom. The van der Waals surface area contributed by atoms with Crippen molar-refractivity contribution in [2.75, 3.05) is 13.2 Å². The van der Waals surface area contributed by atoms with Crippen molar-refractivity contribution in [2.45, 2.75) is 58.4 Å². The van der Waals surface area contributed by atoms with Gasteiger partial charge < -0.3 is 10.4 Å². The van der Waals surface area contributed by atoms with Crippen LogP contribution in [-0.2, 0) is 0 Å². The Kier molecular flexibility index (Phi) is 9.94. The van der Waals surface area contributed by atoms with Gasteiger partial charge in [-0.05, 0) is 32.7 Å². The molecule has 0 aromatic rings. The molecule has 0 amide bonds. The van der Waals surface area contributed by atoms with Crippen molar-refractivity contribution >= 4 is 0 Å². The van der Waals surface area contributed by atoms with Crippen molar-refractivity contribution in [3.05, 3.63) is 0 Å². The number of hydrogen-bond donors (Lipinski definition) is 2. The lowest BCUT2D eigenvalue weighted by molar-refractivity contribution is 0.282. The van der Waals surface area contributed by atoms with Crippen LogP contribution in [0.15, 0.2) is 0 Å². The van der Waals surface area contributed by atoms with Gasteiger partial charge >= 0.3 is 0 Å². The van der Waals surface area contributed by atoms with Crippen molar-refractivity contribution in [3.63, 3.8) is 0 Å². The minimum Gasteiger partial charge on any atom is -0.396 e. The van der Waals surface area contributed by atoms with Crippen LogP contribution >= 0.6 is 0 Å². The van der Waals surface area contributed by atoms with E-state index in [4.69, 9.17) is 5.11 Å². The number of nitrogens with one attached hydrogen (secondary N) is 1. The average Bonchev–Trinajstić information content (AvgIpc) is 2.11. The second-order valence-electron chi connectivity index (χ2n) is 3.78.